The predicted molar refractivity (Wildman–Crippen MR) is 246 cm³/mol. The van der Waals surface area contributed by atoms with E-state index in [2.05, 4.69) is 25.7 Å². The molecule has 0 N–H and O–H groups in total. The summed E-state index contributed by atoms with van der Waals surface area (Å²) in [6.45, 7) is 7.57. The summed E-state index contributed by atoms with van der Waals surface area (Å²) in [7, 11) is -7.06. The second-order valence-electron chi connectivity index (χ2n) is 14.5. The van der Waals surface area contributed by atoms with Gasteiger partial charge in [-0.3, -0.25) is 0 Å². The molecule has 0 amide bonds. The van der Waals surface area contributed by atoms with Crippen molar-refractivity contribution >= 4 is 104 Å². The van der Waals surface area contributed by atoms with E-state index >= 15 is 0 Å². The molecule has 0 bridgehead atoms. The van der Waals surface area contributed by atoms with Crippen molar-refractivity contribution in [3.8, 4) is 22.5 Å². The van der Waals surface area contributed by atoms with Crippen LogP contribution in [-0.2, 0) is 20.0 Å². The number of hydrogen-bond donors (Lipinski definition) is 0. The van der Waals surface area contributed by atoms with Crippen LogP contribution >= 0.6 is 73.4 Å². The average Bonchev–Trinajstić information content (AvgIpc) is 3.90. The summed E-state index contributed by atoms with van der Waals surface area (Å²) in [6, 6.07) is 15.6. The molecule has 308 valence electrons. The van der Waals surface area contributed by atoms with Gasteiger partial charge < -0.3 is 9.80 Å². The summed E-state index contributed by atoms with van der Waals surface area (Å²) >= 11 is 25.5. The maximum Gasteiger partial charge on any atom is 0.222 e. The Morgan fingerprint density at radius 2 is 1.10 bits per heavy atom. The first-order valence-electron chi connectivity index (χ1n) is 18.6. The van der Waals surface area contributed by atoms with Gasteiger partial charge in [-0.05, 0) is 38.1 Å². The maximum absolute atomic E-state index is 13.1. The van der Waals surface area contributed by atoms with Crippen molar-refractivity contribution in [3.63, 3.8) is 0 Å². The molecule has 2 fully saturated rings. The Morgan fingerprint density at radius 3 is 1.53 bits per heavy atom. The third kappa shape index (κ3) is 9.64. The lowest BCUT2D eigenvalue weighted by Crippen LogP contribution is -2.54. The summed E-state index contributed by atoms with van der Waals surface area (Å²) in [6.07, 6.45) is 13.9. The molecule has 10 nitrogen and oxygen atoms in total. The van der Waals surface area contributed by atoms with Crippen molar-refractivity contribution in [3.05, 3.63) is 117 Å². The number of rotatable bonds is 8. The van der Waals surface area contributed by atoms with Gasteiger partial charge in [-0.25, -0.2) is 26.8 Å². The Balaban J connectivity index is 0.000000177. The maximum atomic E-state index is 13.1. The Labute approximate surface area is 372 Å². The molecule has 4 unspecified atom stereocenters. The fourth-order valence-electron chi connectivity index (χ4n) is 7.11. The van der Waals surface area contributed by atoms with Crippen LogP contribution in [0.5, 0.6) is 0 Å². The second kappa shape index (κ2) is 17.8. The molecule has 18 heteroatoms. The topological polar surface area (TPSA) is 107 Å². The largest absolute Gasteiger partial charge is 0.345 e. The molecule has 0 saturated carbocycles. The molecule has 2 aromatic carbocycles. The van der Waals surface area contributed by atoms with Crippen LogP contribution in [0.2, 0.25) is 5.02 Å². The fourth-order valence-corrected chi connectivity index (χ4v) is 14.3. The lowest BCUT2D eigenvalue weighted by atomic mass is 10.0. The minimum absolute atomic E-state index is 0.416. The first-order chi connectivity index (χ1) is 27.5. The molecule has 0 spiro atoms. The number of nitrogens with zero attached hydrogens (tertiary/aromatic N) is 6. The summed E-state index contributed by atoms with van der Waals surface area (Å²) < 4.78 is 56.7. The van der Waals surface area contributed by atoms with Crippen molar-refractivity contribution in [2.45, 2.75) is 34.1 Å². The van der Waals surface area contributed by atoms with E-state index in [0.29, 0.717) is 57.4 Å². The molecule has 0 radical (unpaired) electrons. The van der Waals surface area contributed by atoms with Gasteiger partial charge in [0.05, 0.1) is 21.1 Å². The summed E-state index contributed by atoms with van der Waals surface area (Å²) in [5.41, 5.74) is 3.89. The molecule has 4 atom stereocenters. The molecule has 2 aliphatic heterocycles. The number of anilines is 2. The number of hydrogen-bond acceptors (Lipinski definition) is 10. The van der Waals surface area contributed by atoms with E-state index in [0.717, 1.165) is 37.3 Å². The quantitative estimate of drug-likeness (QED) is 0.161. The van der Waals surface area contributed by atoms with E-state index in [4.69, 9.17) is 44.8 Å². The highest BCUT2D eigenvalue weighted by molar-refractivity contribution is 9.10. The third-order valence-electron chi connectivity index (χ3n) is 10.4. The van der Waals surface area contributed by atoms with Gasteiger partial charge in [-0.1, -0.05) is 100 Å². The van der Waals surface area contributed by atoms with Crippen molar-refractivity contribution < 1.29 is 16.8 Å². The smallest absolute Gasteiger partial charge is 0.222 e. The SMILES string of the molecule is CC1(Cl)C=CC=CC1S(=O)(=O)N1CCN(c2nc(-c3ccc(Cl)cc3)cs2)CC1.CC1(Cl)C=CC=CC1S(=O)(=O)N1CCN(c2nc(-c3cccc(Br)c3)cs2)CC1. The van der Waals surface area contributed by atoms with Crippen LogP contribution in [0.1, 0.15) is 13.8 Å². The summed E-state index contributed by atoms with van der Waals surface area (Å²) in [4.78, 5) is 11.9. The number of thiazole rings is 2. The molecule has 4 aliphatic rings. The van der Waals surface area contributed by atoms with Crippen molar-refractivity contribution in [2.24, 2.45) is 0 Å². The van der Waals surface area contributed by atoms with Crippen LogP contribution in [-0.4, -0.2) is 108 Å². The minimum Gasteiger partial charge on any atom is -0.345 e. The number of sulfonamides is 2. The third-order valence-corrected chi connectivity index (χ3v) is 18.7. The zero-order valence-corrected chi connectivity index (χ0v) is 38.8. The number of benzene rings is 2. The van der Waals surface area contributed by atoms with E-state index in [1.807, 2.05) is 59.3 Å². The molecule has 8 rings (SSSR count). The van der Waals surface area contributed by atoms with Gasteiger partial charge in [0.25, 0.3) is 0 Å². The number of allylic oxidation sites excluding steroid dienone is 6. The Hall–Kier alpha value is -2.57. The Bertz CT molecular complexity index is 2440. The first kappa shape index (κ1) is 43.5. The van der Waals surface area contributed by atoms with Gasteiger partial charge in [0.2, 0.25) is 20.0 Å². The normalized spacial score (nSPS) is 25.5. The highest BCUT2D eigenvalue weighted by atomic mass is 79.9. The van der Waals surface area contributed by atoms with E-state index < -0.39 is 40.3 Å². The van der Waals surface area contributed by atoms with Gasteiger partial charge in [0.15, 0.2) is 10.3 Å². The lowest BCUT2D eigenvalue weighted by molar-refractivity contribution is 0.378. The van der Waals surface area contributed by atoms with E-state index in [9.17, 15) is 16.8 Å². The number of piperazine rings is 2. The Morgan fingerprint density at radius 1 is 0.655 bits per heavy atom. The van der Waals surface area contributed by atoms with Crippen molar-refractivity contribution in [1.82, 2.24) is 18.6 Å². The molecule has 4 aromatic rings. The number of aromatic nitrogens is 2. The lowest BCUT2D eigenvalue weighted by Gasteiger charge is -2.38. The standard InChI is InChI=1S/C20H21BrClN3O2S2.C20H21Cl2N3O2S2/c1-20(22)8-3-2-7-18(20)29(26,27)25-11-9-24(10-12-25)19-23-17(14-28-19)15-5-4-6-16(21)13-15;1-20(22)9-3-2-4-18(20)29(26,27)25-12-10-24(11-13-25)19-23-17(14-28-19)15-5-7-16(21)8-6-15/h2-8,13-14,18H,9-12H2,1H3;2-9,14,18H,10-13H2,1H3. The van der Waals surface area contributed by atoms with Gasteiger partial charge in [-0.15, -0.1) is 45.9 Å². The fraction of sp³-hybridized carbons (Fsp3) is 0.350. The molecular formula is C40H42BrCl3N6O4S4. The second-order valence-corrected chi connectivity index (χ2v) is 23.3. The highest BCUT2D eigenvalue weighted by Gasteiger charge is 2.44. The van der Waals surface area contributed by atoms with Crippen LogP contribution in [0.25, 0.3) is 22.5 Å². The predicted octanol–water partition coefficient (Wildman–Crippen LogP) is 8.92. The molecule has 2 saturated heterocycles. The van der Waals surface area contributed by atoms with Crippen LogP contribution in [0, 0.1) is 0 Å². The summed E-state index contributed by atoms with van der Waals surface area (Å²) in [5, 5.41) is 5.05. The molecule has 2 aliphatic carbocycles. The van der Waals surface area contributed by atoms with Crippen LogP contribution in [0.3, 0.4) is 0 Å². The molecular weight excluding hydrogens is 943 g/mol. The van der Waals surface area contributed by atoms with Crippen LogP contribution < -0.4 is 9.80 Å². The van der Waals surface area contributed by atoms with Gasteiger partial charge >= 0.3 is 0 Å². The highest BCUT2D eigenvalue weighted by Crippen LogP contribution is 2.36. The van der Waals surface area contributed by atoms with E-state index in [1.165, 1.54) is 0 Å². The number of halogens is 4. The van der Waals surface area contributed by atoms with Crippen molar-refractivity contribution in [1.29, 1.82) is 0 Å². The molecule has 58 heavy (non-hydrogen) atoms. The average molecular weight is 985 g/mol. The summed E-state index contributed by atoms with van der Waals surface area (Å²) in [5.74, 6) is 0. The van der Waals surface area contributed by atoms with Gasteiger partial charge in [0.1, 0.15) is 10.5 Å². The van der Waals surface area contributed by atoms with Gasteiger partial charge in [0, 0.05) is 83.7 Å². The molecule has 4 heterocycles. The first-order valence-corrected chi connectivity index (χ1v) is 25.2. The van der Waals surface area contributed by atoms with Crippen molar-refractivity contribution in [2.75, 3.05) is 62.2 Å². The van der Waals surface area contributed by atoms with Crippen LogP contribution in [0.15, 0.2) is 112 Å². The zero-order chi connectivity index (χ0) is 41.3. The minimum atomic E-state index is -3.53. The molecule has 2 aromatic heterocycles. The Kier molecular flexibility index (Phi) is 13.4. The zero-order valence-electron chi connectivity index (χ0n) is 31.7. The van der Waals surface area contributed by atoms with E-state index in [1.54, 1.807) is 93.7 Å². The van der Waals surface area contributed by atoms with Gasteiger partial charge in [-0.2, -0.15) is 8.61 Å². The van der Waals surface area contributed by atoms with E-state index in [-0.39, 0.29) is 0 Å². The monoisotopic (exact) mass is 982 g/mol. The number of alkyl halides is 2. The van der Waals surface area contributed by atoms with Crippen LogP contribution in [0.4, 0.5) is 10.3 Å².